The molecule has 2 N–H and O–H groups in total. The van der Waals surface area contributed by atoms with Crippen molar-refractivity contribution in [1.82, 2.24) is 15.0 Å². The molecule has 0 atom stereocenters. The first kappa shape index (κ1) is 17.0. The van der Waals surface area contributed by atoms with Crippen LogP contribution < -0.4 is 10.6 Å². The molecule has 126 valence electrons. The predicted molar refractivity (Wildman–Crippen MR) is 100 cm³/mol. The van der Waals surface area contributed by atoms with Gasteiger partial charge in [-0.25, -0.2) is 9.97 Å². The molecule has 2 aromatic heterocycles. The molecule has 0 unspecified atom stereocenters. The Morgan fingerprint density at radius 2 is 1.96 bits per heavy atom. The minimum Gasteiger partial charge on any atom is -0.366 e. The fourth-order valence-corrected chi connectivity index (χ4v) is 2.46. The molecule has 6 nitrogen and oxygen atoms in total. The zero-order chi connectivity index (χ0) is 17.6. The van der Waals surface area contributed by atoms with Crippen molar-refractivity contribution >= 4 is 33.3 Å². The van der Waals surface area contributed by atoms with Crippen LogP contribution in [-0.4, -0.2) is 20.9 Å². The summed E-state index contributed by atoms with van der Waals surface area (Å²) in [6, 6.07) is 12.8. The van der Waals surface area contributed by atoms with E-state index in [9.17, 15) is 4.79 Å². The molecule has 0 saturated heterocycles. The van der Waals surface area contributed by atoms with Gasteiger partial charge in [0.1, 0.15) is 17.3 Å². The Hall–Kier alpha value is -2.80. The maximum absolute atomic E-state index is 12.4. The maximum atomic E-state index is 12.4. The largest absolute Gasteiger partial charge is 0.366 e. The lowest BCUT2D eigenvalue weighted by Gasteiger charge is -2.09. The third-order valence-corrected chi connectivity index (χ3v) is 3.90. The molecule has 0 aliphatic rings. The Morgan fingerprint density at radius 3 is 2.68 bits per heavy atom. The highest BCUT2D eigenvalue weighted by Gasteiger charge is 2.11. The Balaban J connectivity index is 1.72. The average Bonchev–Trinajstić information content (AvgIpc) is 2.62. The molecule has 0 bridgehead atoms. The zero-order valence-corrected chi connectivity index (χ0v) is 15.1. The van der Waals surface area contributed by atoms with Crippen LogP contribution in [0, 0.1) is 6.92 Å². The minimum atomic E-state index is -0.280. The molecule has 7 heteroatoms. The van der Waals surface area contributed by atoms with Gasteiger partial charge in [0.05, 0.1) is 0 Å². The number of nitrogens with one attached hydrogen (secondary N) is 2. The van der Waals surface area contributed by atoms with E-state index in [4.69, 9.17) is 0 Å². The monoisotopic (exact) mass is 397 g/mol. The van der Waals surface area contributed by atoms with E-state index < -0.39 is 0 Å². The molecular formula is C18H16BrN5O. The highest BCUT2D eigenvalue weighted by Crippen LogP contribution is 2.15. The lowest BCUT2D eigenvalue weighted by Crippen LogP contribution is -2.15. The molecule has 25 heavy (non-hydrogen) atoms. The van der Waals surface area contributed by atoms with Gasteiger partial charge in [-0.15, -0.1) is 0 Å². The van der Waals surface area contributed by atoms with Crippen molar-refractivity contribution in [3.63, 3.8) is 0 Å². The number of anilines is 2. The van der Waals surface area contributed by atoms with Crippen molar-refractivity contribution in [3.8, 4) is 0 Å². The average molecular weight is 398 g/mol. The van der Waals surface area contributed by atoms with E-state index in [1.54, 1.807) is 25.4 Å². The number of nitrogens with zero attached hydrogens (tertiary/aromatic N) is 3. The van der Waals surface area contributed by atoms with Crippen LogP contribution in [0.25, 0.3) is 0 Å². The molecule has 0 radical (unpaired) electrons. The van der Waals surface area contributed by atoms with Gasteiger partial charge < -0.3 is 10.6 Å². The van der Waals surface area contributed by atoms with Crippen LogP contribution in [0.4, 0.5) is 11.5 Å². The second-order valence-corrected chi connectivity index (χ2v) is 6.28. The Labute approximate surface area is 153 Å². The van der Waals surface area contributed by atoms with E-state index in [2.05, 4.69) is 41.5 Å². The summed E-state index contributed by atoms with van der Waals surface area (Å²) >= 11 is 3.37. The van der Waals surface area contributed by atoms with E-state index in [0.29, 0.717) is 29.6 Å². The number of carbonyl (C=O) groups excluding carboxylic acids is 1. The number of benzene rings is 1. The number of amides is 1. The van der Waals surface area contributed by atoms with Crippen LogP contribution in [0.1, 0.15) is 21.9 Å². The summed E-state index contributed by atoms with van der Waals surface area (Å²) in [4.78, 5) is 25.0. The van der Waals surface area contributed by atoms with Crippen LogP contribution in [0.15, 0.2) is 59.3 Å². The van der Waals surface area contributed by atoms with Crippen molar-refractivity contribution in [1.29, 1.82) is 0 Å². The molecule has 1 amide bonds. The van der Waals surface area contributed by atoms with Crippen LogP contribution >= 0.6 is 15.9 Å². The fourth-order valence-electron chi connectivity index (χ4n) is 2.20. The summed E-state index contributed by atoms with van der Waals surface area (Å²) in [6.45, 7) is 2.32. The van der Waals surface area contributed by atoms with Crippen LogP contribution in [0.2, 0.25) is 0 Å². The summed E-state index contributed by atoms with van der Waals surface area (Å²) in [5.74, 6) is 0.840. The molecular weight excluding hydrogens is 382 g/mol. The lowest BCUT2D eigenvalue weighted by molar-refractivity contribution is 0.102. The Bertz CT molecular complexity index is 868. The van der Waals surface area contributed by atoms with Crippen LogP contribution in [-0.2, 0) is 6.54 Å². The van der Waals surface area contributed by atoms with Gasteiger partial charge in [-0.2, -0.15) is 0 Å². The first-order valence-corrected chi connectivity index (χ1v) is 8.45. The first-order chi connectivity index (χ1) is 12.1. The van der Waals surface area contributed by atoms with Crippen molar-refractivity contribution in [2.24, 2.45) is 0 Å². The molecule has 3 rings (SSSR count). The smallest absolute Gasteiger partial charge is 0.274 e. The normalized spacial score (nSPS) is 10.3. The maximum Gasteiger partial charge on any atom is 0.274 e. The molecule has 0 aliphatic heterocycles. The zero-order valence-electron chi connectivity index (χ0n) is 13.5. The summed E-state index contributed by atoms with van der Waals surface area (Å²) in [7, 11) is 0. The first-order valence-electron chi connectivity index (χ1n) is 7.65. The van der Waals surface area contributed by atoms with Gasteiger partial charge in [0, 0.05) is 35.2 Å². The summed E-state index contributed by atoms with van der Waals surface area (Å²) in [6.07, 6.45) is 3.51. The van der Waals surface area contributed by atoms with E-state index in [-0.39, 0.29) is 5.91 Å². The fraction of sp³-hybridized carbons (Fsp3) is 0.111. The molecule has 3 aromatic rings. The number of rotatable bonds is 5. The Kier molecular flexibility index (Phi) is 5.35. The lowest BCUT2D eigenvalue weighted by atomic mass is 10.2. The molecule has 2 heterocycles. The van der Waals surface area contributed by atoms with Gasteiger partial charge in [-0.1, -0.05) is 22.0 Å². The molecule has 0 saturated carbocycles. The van der Waals surface area contributed by atoms with E-state index in [0.717, 1.165) is 10.0 Å². The summed E-state index contributed by atoms with van der Waals surface area (Å²) < 4.78 is 0.949. The number of pyridine rings is 1. The van der Waals surface area contributed by atoms with Gasteiger partial charge in [-0.3, -0.25) is 9.78 Å². The number of aryl methyl sites for hydroxylation is 1. The second-order valence-electron chi connectivity index (χ2n) is 5.36. The van der Waals surface area contributed by atoms with E-state index in [1.165, 1.54) is 0 Å². The predicted octanol–water partition coefficient (Wildman–Crippen LogP) is 3.81. The van der Waals surface area contributed by atoms with Crippen LogP contribution in [0.5, 0.6) is 0 Å². The van der Waals surface area contributed by atoms with Crippen molar-refractivity contribution in [2.75, 3.05) is 10.6 Å². The second kappa shape index (κ2) is 7.85. The molecule has 0 aliphatic carbocycles. The third-order valence-electron chi connectivity index (χ3n) is 3.37. The summed E-state index contributed by atoms with van der Waals surface area (Å²) in [5.41, 5.74) is 2.04. The third kappa shape index (κ3) is 4.84. The highest BCUT2D eigenvalue weighted by atomic mass is 79.9. The van der Waals surface area contributed by atoms with Gasteiger partial charge >= 0.3 is 0 Å². The molecule has 0 spiro atoms. The van der Waals surface area contributed by atoms with E-state index >= 15 is 0 Å². The molecule has 0 fully saturated rings. The number of carbonyl (C=O) groups is 1. The van der Waals surface area contributed by atoms with Gasteiger partial charge in [0.15, 0.2) is 0 Å². The van der Waals surface area contributed by atoms with Crippen LogP contribution in [0.3, 0.4) is 0 Å². The van der Waals surface area contributed by atoms with Crippen molar-refractivity contribution in [3.05, 3.63) is 76.4 Å². The van der Waals surface area contributed by atoms with Gasteiger partial charge in [0.2, 0.25) is 0 Å². The number of hydrogen-bond donors (Lipinski definition) is 2. The number of hydrogen-bond acceptors (Lipinski definition) is 5. The number of halogens is 1. The van der Waals surface area contributed by atoms with Gasteiger partial charge in [0.25, 0.3) is 5.91 Å². The number of aromatic nitrogens is 3. The Morgan fingerprint density at radius 1 is 1.16 bits per heavy atom. The van der Waals surface area contributed by atoms with Crippen molar-refractivity contribution < 1.29 is 4.79 Å². The quantitative estimate of drug-likeness (QED) is 0.684. The van der Waals surface area contributed by atoms with Gasteiger partial charge in [-0.05, 0) is 42.8 Å². The topological polar surface area (TPSA) is 79.8 Å². The molecule has 1 aromatic carbocycles. The minimum absolute atomic E-state index is 0.280. The van der Waals surface area contributed by atoms with Crippen molar-refractivity contribution in [2.45, 2.75) is 13.5 Å². The highest BCUT2D eigenvalue weighted by molar-refractivity contribution is 9.10. The van der Waals surface area contributed by atoms with E-state index in [1.807, 2.05) is 36.4 Å². The standard InChI is InChI=1S/C18H16BrN5O/c1-12-22-16(18(25)24-15-6-4-14(19)5-7-15)9-17(23-12)21-11-13-3-2-8-20-10-13/h2-10H,11H2,1H3,(H,24,25)(H,21,22,23). The summed E-state index contributed by atoms with van der Waals surface area (Å²) in [5, 5.41) is 6.02. The SMILES string of the molecule is Cc1nc(NCc2cccnc2)cc(C(=O)Nc2ccc(Br)cc2)n1.